The average molecular weight is 510 g/mol. The Morgan fingerprint density at radius 3 is 2.61 bits per heavy atom. The third-order valence-electron chi connectivity index (χ3n) is 6.58. The van der Waals surface area contributed by atoms with Crippen molar-refractivity contribution < 1.29 is 22.8 Å². The zero-order valence-electron chi connectivity index (χ0n) is 19.6. The summed E-state index contributed by atoms with van der Waals surface area (Å²) >= 11 is 0. The smallest absolute Gasteiger partial charge is 0.325 e. The van der Waals surface area contributed by atoms with E-state index in [1.807, 2.05) is 30.5 Å². The summed E-state index contributed by atoms with van der Waals surface area (Å²) in [6, 6.07) is 12.3. The van der Waals surface area contributed by atoms with E-state index < -0.39 is 40.5 Å². The maximum absolute atomic E-state index is 12.9. The van der Waals surface area contributed by atoms with Gasteiger partial charge in [-0.3, -0.25) is 14.5 Å². The van der Waals surface area contributed by atoms with E-state index in [0.717, 1.165) is 40.6 Å². The number of nitrogens with one attached hydrogen (secondary N) is 3. The van der Waals surface area contributed by atoms with Crippen LogP contribution in [0.15, 0.2) is 59.6 Å². The lowest BCUT2D eigenvalue weighted by Gasteiger charge is -2.26. The summed E-state index contributed by atoms with van der Waals surface area (Å²) in [7, 11) is -3.66. The number of carbonyl (C=O) groups is 3. The first-order valence-electron chi connectivity index (χ1n) is 11.9. The molecule has 0 saturated carbocycles. The molecule has 11 heteroatoms. The van der Waals surface area contributed by atoms with Gasteiger partial charge >= 0.3 is 6.03 Å². The van der Waals surface area contributed by atoms with Crippen molar-refractivity contribution in [2.45, 2.75) is 36.6 Å². The van der Waals surface area contributed by atoms with Crippen LogP contribution in [0.1, 0.15) is 24.8 Å². The molecule has 3 N–H and O–H groups in total. The number of imide groups is 1. The molecule has 2 aromatic carbocycles. The minimum atomic E-state index is -3.66. The molecule has 1 aromatic heterocycles. The molecular weight excluding hydrogens is 482 g/mol. The quantitative estimate of drug-likeness (QED) is 0.421. The van der Waals surface area contributed by atoms with Crippen LogP contribution in [0.4, 0.5) is 10.5 Å². The Labute approximate surface area is 208 Å². The number of H-pyrrole nitrogens is 1. The highest BCUT2D eigenvalue weighted by Crippen LogP contribution is 2.24. The van der Waals surface area contributed by atoms with Gasteiger partial charge in [0, 0.05) is 42.3 Å². The fourth-order valence-electron chi connectivity index (χ4n) is 4.72. The molecular formula is C25H27N5O5S. The fourth-order valence-corrected chi connectivity index (χ4v) is 6.28. The Hall–Kier alpha value is -3.70. The van der Waals surface area contributed by atoms with E-state index in [-0.39, 0.29) is 10.6 Å². The number of para-hydroxylation sites is 1. The van der Waals surface area contributed by atoms with Gasteiger partial charge in [0.1, 0.15) is 12.6 Å². The van der Waals surface area contributed by atoms with E-state index in [9.17, 15) is 22.8 Å². The van der Waals surface area contributed by atoms with Crippen molar-refractivity contribution in [2.75, 3.05) is 25.0 Å². The molecule has 36 heavy (non-hydrogen) atoms. The second-order valence-electron chi connectivity index (χ2n) is 9.03. The van der Waals surface area contributed by atoms with Crippen molar-refractivity contribution in [2.24, 2.45) is 0 Å². The van der Waals surface area contributed by atoms with E-state index >= 15 is 0 Å². The molecule has 2 aliphatic heterocycles. The van der Waals surface area contributed by atoms with Crippen molar-refractivity contribution in [3.8, 4) is 0 Å². The number of aromatic amines is 1. The number of anilines is 1. The lowest BCUT2D eigenvalue weighted by atomic mass is 10.1. The van der Waals surface area contributed by atoms with Crippen molar-refractivity contribution in [3.63, 3.8) is 0 Å². The van der Waals surface area contributed by atoms with Crippen molar-refractivity contribution in [3.05, 3.63) is 60.3 Å². The lowest BCUT2D eigenvalue weighted by Crippen LogP contribution is -2.38. The van der Waals surface area contributed by atoms with Gasteiger partial charge in [0.05, 0.1) is 4.90 Å². The molecule has 5 rings (SSSR count). The molecule has 3 aromatic rings. The summed E-state index contributed by atoms with van der Waals surface area (Å²) in [5.74, 6) is -1.08. The third kappa shape index (κ3) is 4.71. The van der Waals surface area contributed by atoms with Crippen molar-refractivity contribution in [1.29, 1.82) is 0 Å². The van der Waals surface area contributed by atoms with Gasteiger partial charge in [0.15, 0.2) is 0 Å². The first-order chi connectivity index (χ1) is 17.3. The third-order valence-corrected chi connectivity index (χ3v) is 8.47. The fraction of sp³-hybridized carbons (Fsp3) is 0.320. The number of sulfonamides is 1. The summed E-state index contributed by atoms with van der Waals surface area (Å²) in [4.78, 5) is 42.1. The van der Waals surface area contributed by atoms with Crippen LogP contribution in [-0.2, 0) is 26.0 Å². The molecule has 0 bridgehead atoms. The molecule has 0 radical (unpaired) electrons. The van der Waals surface area contributed by atoms with E-state index in [1.165, 1.54) is 16.4 Å². The molecule has 10 nitrogen and oxygen atoms in total. The Bertz CT molecular complexity index is 1430. The van der Waals surface area contributed by atoms with Gasteiger partial charge in [-0.25, -0.2) is 13.2 Å². The molecule has 3 heterocycles. The van der Waals surface area contributed by atoms with E-state index in [4.69, 9.17) is 0 Å². The van der Waals surface area contributed by atoms with Gasteiger partial charge < -0.3 is 15.6 Å². The van der Waals surface area contributed by atoms with Crippen LogP contribution in [0.2, 0.25) is 0 Å². The van der Waals surface area contributed by atoms with Crippen molar-refractivity contribution >= 4 is 44.5 Å². The normalized spacial score (nSPS) is 19.0. The predicted octanol–water partition coefficient (Wildman–Crippen LogP) is 2.44. The Morgan fingerprint density at radius 1 is 1.03 bits per heavy atom. The number of hydrogen-bond acceptors (Lipinski definition) is 5. The summed E-state index contributed by atoms with van der Waals surface area (Å²) in [6.45, 7) is 0.480. The molecule has 1 atom stereocenters. The molecule has 188 valence electrons. The number of fused-ring (bicyclic) bond motifs is 1. The number of amides is 4. The van der Waals surface area contributed by atoms with Crippen LogP contribution in [0.25, 0.3) is 10.9 Å². The van der Waals surface area contributed by atoms with E-state index in [1.54, 1.807) is 12.1 Å². The van der Waals surface area contributed by atoms with Gasteiger partial charge in [-0.15, -0.1) is 0 Å². The minimum Gasteiger partial charge on any atom is -0.361 e. The van der Waals surface area contributed by atoms with Crippen molar-refractivity contribution in [1.82, 2.24) is 19.5 Å². The standard InChI is InChI=1S/C25H27N5O5S/c31-23(27-18-7-6-8-19(14-18)36(34,35)29-11-4-1-5-12-29)16-30-24(32)22(28-25(30)33)13-17-15-26-21-10-3-2-9-20(17)21/h2-3,6-10,14-15,22,26H,1,4-5,11-13,16H2,(H,27,31)(H,28,33). The highest BCUT2D eigenvalue weighted by Gasteiger charge is 2.39. The average Bonchev–Trinajstić information content (AvgIpc) is 3.41. The summed E-state index contributed by atoms with van der Waals surface area (Å²) in [5.41, 5.74) is 2.10. The summed E-state index contributed by atoms with van der Waals surface area (Å²) in [5, 5.41) is 6.23. The predicted molar refractivity (Wildman–Crippen MR) is 134 cm³/mol. The highest BCUT2D eigenvalue weighted by atomic mass is 32.2. The van der Waals surface area contributed by atoms with Crippen LogP contribution in [-0.4, -0.2) is 66.1 Å². The number of nitrogens with zero attached hydrogens (tertiary/aromatic N) is 2. The zero-order valence-corrected chi connectivity index (χ0v) is 20.4. The molecule has 2 saturated heterocycles. The largest absolute Gasteiger partial charge is 0.361 e. The van der Waals surface area contributed by atoms with Gasteiger partial charge in [0.2, 0.25) is 15.9 Å². The number of rotatable bonds is 7. The first kappa shape index (κ1) is 24.0. The highest BCUT2D eigenvalue weighted by molar-refractivity contribution is 7.89. The molecule has 2 fully saturated rings. The molecule has 0 aliphatic carbocycles. The summed E-state index contributed by atoms with van der Waals surface area (Å²) in [6.07, 6.45) is 4.76. The number of urea groups is 1. The minimum absolute atomic E-state index is 0.0935. The second kappa shape index (κ2) is 9.75. The molecule has 1 unspecified atom stereocenters. The summed E-state index contributed by atoms with van der Waals surface area (Å²) < 4.78 is 27.3. The van der Waals surface area contributed by atoms with Crippen LogP contribution < -0.4 is 10.6 Å². The monoisotopic (exact) mass is 509 g/mol. The van der Waals surface area contributed by atoms with Crippen LogP contribution in [0.3, 0.4) is 0 Å². The SMILES string of the molecule is O=C(CN1C(=O)NC(Cc2c[nH]c3ccccc23)C1=O)Nc1cccc(S(=O)(=O)N2CCCCC2)c1. The maximum atomic E-state index is 12.9. The molecule has 2 aliphatic rings. The Balaban J connectivity index is 1.23. The van der Waals surface area contributed by atoms with Crippen LogP contribution in [0.5, 0.6) is 0 Å². The topological polar surface area (TPSA) is 132 Å². The first-order valence-corrected chi connectivity index (χ1v) is 13.3. The van der Waals surface area contributed by atoms with Gasteiger partial charge in [-0.1, -0.05) is 30.7 Å². The number of hydrogen-bond donors (Lipinski definition) is 3. The van der Waals surface area contributed by atoms with Gasteiger partial charge in [0.25, 0.3) is 5.91 Å². The van der Waals surface area contributed by atoms with Gasteiger partial charge in [-0.05, 0) is 42.7 Å². The number of aromatic nitrogens is 1. The Kier molecular flexibility index (Phi) is 6.50. The van der Waals surface area contributed by atoms with Crippen LogP contribution >= 0.6 is 0 Å². The lowest BCUT2D eigenvalue weighted by molar-refractivity contribution is -0.130. The number of piperidine rings is 1. The Morgan fingerprint density at radius 2 is 1.81 bits per heavy atom. The maximum Gasteiger partial charge on any atom is 0.325 e. The number of benzene rings is 2. The van der Waals surface area contributed by atoms with Crippen LogP contribution in [0, 0.1) is 0 Å². The van der Waals surface area contributed by atoms with E-state index in [2.05, 4.69) is 15.6 Å². The van der Waals surface area contributed by atoms with E-state index in [0.29, 0.717) is 19.5 Å². The molecule has 0 spiro atoms. The number of carbonyl (C=O) groups excluding carboxylic acids is 3. The molecule has 4 amide bonds. The zero-order chi connectivity index (χ0) is 25.3. The second-order valence-corrected chi connectivity index (χ2v) is 11.0. The van der Waals surface area contributed by atoms with Gasteiger partial charge in [-0.2, -0.15) is 4.31 Å².